The predicted molar refractivity (Wildman–Crippen MR) is 72.2 cm³/mol. The maximum Gasteiger partial charge on any atom is 0.252 e. The summed E-state index contributed by atoms with van der Waals surface area (Å²) in [6.45, 7) is 1.41. The van der Waals surface area contributed by atoms with E-state index in [1.54, 1.807) is 0 Å². The maximum atomic E-state index is 12.9. The maximum absolute atomic E-state index is 12.9. The Labute approximate surface area is 115 Å². The van der Waals surface area contributed by atoms with Crippen LogP contribution in [0.5, 0.6) is 0 Å². The van der Waals surface area contributed by atoms with Crippen molar-refractivity contribution >= 4 is 34.2 Å². The SMILES string of the molecule is CNCCCNC(=O)c1cc(F)ccc1Br.Cl. The van der Waals surface area contributed by atoms with Crippen LogP contribution >= 0.6 is 28.3 Å². The lowest BCUT2D eigenvalue weighted by Crippen LogP contribution is -2.26. The van der Waals surface area contributed by atoms with E-state index in [-0.39, 0.29) is 18.3 Å². The van der Waals surface area contributed by atoms with Gasteiger partial charge in [0.25, 0.3) is 5.91 Å². The largest absolute Gasteiger partial charge is 0.352 e. The van der Waals surface area contributed by atoms with Gasteiger partial charge >= 0.3 is 0 Å². The summed E-state index contributed by atoms with van der Waals surface area (Å²) in [5, 5.41) is 5.71. The second-order valence-corrected chi connectivity index (χ2v) is 4.19. The molecule has 3 nitrogen and oxygen atoms in total. The van der Waals surface area contributed by atoms with Crippen LogP contribution in [0.4, 0.5) is 4.39 Å². The Morgan fingerprint density at radius 3 is 2.76 bits per heavy atom. The number of carbonyl (C=O) groups excluding carboxylic acids is 1. The Bertz CT molecular complexity index is 376. The molecule has 0 aliphatic heterocycles. The van der Waals surface area contributed by atoms with E-state index in [4.69, 9.17) is 0 Å². The van der Waals surface area contributed by atoms with E-state index in [1.165, 1.54) is 18.2 Å². The van der Waals surface area contributed by atoms with Gasteiger partial charge in [0, 0.05) is 11.0 Å². The fraction of sp³-hybridized carbons (Fsp3) is 0.364. The molecule has 96 valence electrons. The van der Waals surface area contributed by atoms with Crippen molar-refractivity contribution in [3.8, 4) is 0 Å². The molecule has 1 rings (SSSR count). The van der Waals surface area contributed by atoms with E-state index < -0.39 is 5.82 Å². The third-order valence-corrected chi connectivity index (χ3v) is 2.75. The first-order chi connectivity index (χ1) is 7.65. The first-order valence-electron chi connectivity index (χ1n) is 5.03. The Morgan fingerprint density at radius 1 is 1.41 bits per heavy atom. The Kier molecular flexibility index (Phi) is 8.12. The molecule has 0 saturated heterocycles. The molecule has 0 radical (unpaired) electrons. The van der Waals surface area contributed by atoms with Gasteiger partial charge in [0.1, 0.15) is 5.82 Å². The monoisotopic (exact) mass is 324 g/mol. The molecule has 0 spiro atoms. The zero-order valence-electron chi connectivity index (χ0n) is 9.43. The van der Waals surface area contributed by atoms with Crippen LogP contribution < -0.4 is 10.6 Å². The second kappa shape index (κ2) is 8.44. The van der Waals surface area contributed by atoms with Crippen molar-refractivity contribution < 1.29 is 9.18 Å². The van der Waals surface area contributed by atoms with Crippen molar-refractivity contribution in [2.24, 2.45) is 0 Å². The van der Waals surface area contributed by atoms with E-state index in [9.17, 15) is 9.18 Å². The molecule has 1 amide bonds. The van der Waals surface area contributed by atoms with Gasteiger partial charge in [0.05, 0.1) is 5.56 Å². The van der Waals surface area contributed by atoms with Crippen LogP contribution in [0.25, 0.3) is 0 Å². The van der Waals surface area contributed by atoms with Crippen molar-refractivity contribution in [1.82, 2.24) is 10.6 Å². The van der Waals surface area contributed by atoms with Gasteiger partial charge in [-0.3, -0.25) is 4.79 Å². The molecule has 0 unspecified atom stereocenters. The molecular formula is C11H15BrClFN2O. The third-order valence-electron chi connectivity index (χ3n) is 2.06. The predicted octanol–water partition coefficient (Wildman–Crippen LogP) is 2.35. The fourth-order valence-electron chi connectivity index (χ4n) is 1.23. The molecule has 6 heteroatoms. The van der Waals surface area contributed by atoms with Gasteiger partial charge in [-0.1, -0.05) is 0 Å². The minimum atomic E-state index is -0.413. The minimum Gasteiger partial charge on any atom is -0.352 e. The second-order valence-electron chi connectivity index (χ2n) is 3.34. The van der Waals surface area contributed by atoms with Crippen LogP contribution in [-0.2, 0) is 0 Å². The summed E-state index contributed by atoms with van der Waals surface area (Å²) in [5.41, 5.74) is 0.324. The number of hydrogen-bond acceptors (Lipinski definition) is 2. The zero-order valence-corrected chi connectivity index (χ0v) is 11.8. The highest BCUT2D eigenvalue weighted by Crippen LogP contribution is 2.17. The van der Waals surface area contributed by atoms with Crippen molar-refractivity contribution in [2.75, 3.05) is 20.1 Å². The highest BCUT2D eigenvalue weighted by molar-refractivity contribution is 9.10. The third kappa shape index (κ3) is 5.48. The van der Waals surface area contributed by atoms with Gasteiger partial charge in [-0.2, -0.15) is 0 Å². The standard InChI is InChI=1S/C11H14BrFN2O.ClH/c1-14-5-2-6-15-11(16)9-7-8(13)3-4-10(9)12;/h3-4,7,14H,2,5-6H2,1H3,(H,15,16);1H. The van der Waals surface area contributed by atoms with E-state index in [1.807, 2.05) is 7.05 Å². The average molecular weight is 326 g/mol. The first kappa shape index (κ1) is 16.4. The van der Waals surface area contributed by atoms with Crippen LogP contribution in [0.3, 0.4) is 0 Å². The molecule has 2 N–H and O–H groups in total. The number of benzene rings is 1. The van der Waals surface area contributed by atoms with Crippen LogP contribution in [-0.4, -0.2) is 26.0 Å². The van der Waals surface area contributed by atoms with Crippen LogP contribution in [0.1, 0.15) is 16.8 Å². The molecule has 0 aliphatic carbocycles. The minimum absolute atomic E-state index is 0. The molecule has 0 atom stereocenters. The Balaban J connectivity index is 0.00000256. The summed E-state index contributed by atoms with van der Waals surface area (Å²) < 4.78 is 13.5. The summed E-state index contributed by atoms with van der Waals surface area (Å²) in [5.74, 6) is -0.675. The van der Waals surface area contributed by atoms with Crippen LogP contribution in [0.15, 0.2) is 22.7 Å². The highest BCUT2D eigenvalue weighted by atomic mass is 79.9. The Morgan fingerprint density at radius 2 is 2.12 bits per heavy atom. The molecule has 1 aromatic rings. The van der Waals surface area contributed by atoms with Gasteiger partial charge in [0.2, 0.25) is 0 Å². The smallest absolute Gasteiger partial charge is 0.252 e. The van der Waals surface area contributed by atoms with E-state index in [2.05, 4.69) is 26.6 Å². The summed E-state index contributed by atoms with van der Waals surface area (Å²) in [6, 6.07) is 4.05. The van der Waals surface area contributed by atoms with E-state index in [0.717, 1.165) is 13.0 Å². The lowest BCUT2D eigenvalue weighted by Gasteiger charge is -2.06. The van der Waals surface area contributed by atoms with E-state index >= 15 is 0 Å². The average Bonchev–Trinajstić information content (AvgIpc) is 2.27. The van der Waals surface area contributed by atoms with Crippen molar-refractivity contribution in [3.05, 3.63) is 34.1 Å². The molecule has 0 heterocycles. The summed E-state index contributed by atoms with van der Waals surface area (Å²) >= 11 is 3.21. The number of carbonyl (C=O) groups is 1. The normalized spacial score (nSPS) is 9.59. The lowest BCUT2D eigenvalue weighted by atomic mass is 10.2. The summed E-state index contributed by atoms with van der Waals surface area (Å²) in [4.78, 5) is 11.7. The van der Waals surface area contributed by atoms with E-state index in [0.29, 0.717) is 16.6 Å². The summed E-state index contributed by atoms with van der Waals surface area (Å²) in [6.07, 6.45) is 0.842. The summed E-state index contributed by atoms with van der Waals surface area (Å²) in [7, 11) is 1.85. The van der Waals surface area contributed by atoms with Crippen molar-refractivity contribution in [3.63, 3.8) is 0 Å². The van der Waals surface area contributed by atoms with Gasteiger partial charge in [-0.15, -0.1) is 12.4 Å². The fourth-order valence-corrected chi connectivity index (χ4v) is 1.66. The number of amides is 1. The van der Waals surface area contributed by atoms with Crippen LogP contribution in [0.2, 0.25) is 0 Å². The van der Waals surface area contributed by atoms with Crippen LogP contribution in [0, 0.1) is 5.82 Å². The quantitative estimate of drug-likeness (QED) is 0.816. The van der Waals surface area contributed by atoms with Gasteiger partial charge < -0.3 is 10.6 Å². The Hall–Kier alpha value is -0.650. The molecule has 0 saturated carbocycles. The van der Waals surface area contributed by atoms with Gasteiger partial charge in [0.15, 0.2) is 0 Å². The van der Waals surface area contributed by atoms with Crippen molar-refractivity contribution in [2.45, 2.75) is 6.42 Å². The topological polar surface area (TPSA) is 41.1 Å². The molecule has 0 bridgehead atoms. The van der Waals surface area contributed by atoms with Gasteiger partial charge in [-0.25, -0.2) is 4.39 Å². The highest BCUT2D eigenvalue weighted by Gasteiger charge is 2.10. The molecule has 17 heavy (non-hydrogen) atoms. The number of rotatable bonds is 5. The number of hydrogen-bond donors (Lipinski definition) is 2. The first-order valence-corrected chi connectivity index (χ1v) is 5.82. The number of halogens is 3. The molecular weight excluding hydrogens is 310 g/mol. The molecule has 0 aliphatic rings. The van der Waals surface area contributed by atoms with Gasteiger partial charge in [-0.05, 0) is 54.1 Å². The molecule has 0 fully saturated rings. The van der Waals surface area contributed by atoms with Crippen molar-refractivity contribution in [1.29, 1.82) is 0 Å². The zero-order chi connectivity index (χ0) is 12.0. The molecule has 1 aromatic carbocycles. The lowest BCUT2D eigenvalue weighted by molar-refractivity contribution is 0.0952. The number of nitrogens with one attached hydrogen (secondary N) is 2. The molecule has 0 aromatic heterocycles.